The molecule has 0 fully saturated rings. The lowest BCUT2D eigenvalue weighted by Gasteiger charge is -2.12. The van der Waals surface area contributed by atoms with E-state index in [1.54, 1.807) is 7.11 Å². The lowest BCUT2D eigenvalue weighted by atomic mass is 10.3. The van der Waals surface area contributed by atoms with Gasteiger partial charge in [-0.3, -0.25) is 4.79 Å². The molecule has 0 aliphatic heterocycles. The molecule has 0 radical (unpaired) electrons. The summed E-state index contributed by atoms with van der Waals surface area (Å²) in [4.78, 5) is 11.8. The number of anilines is 1. The molecule has 5 heteroatoms. The van der Waals surface area contributed by atoms with Crippen LogP contribution in [0.25, 0.3) is 0 Å². The van der Waals surface area contributed by atoms with E-state index >= 15 is 0 Å². The molecule has 0 bridgehead atoms. The minimum atomic E-state index is -0.0901. The highest BCUT2D eigenvalue weighted by Gasteiger charge is 2.06. The monoisotopic (exact) mass is 280 g/mol. The third-order valence-electron chi connectivity index (χ3n) is 2.69. The number of para-hydroxylation sites is 2. The quantitative estimate of drug-likeness (QED) is 0.644. The molecule has 0 heterocycles. The Labute approximate surface area is 120 Å². The van der Waals surface area contributed by atoms with Gasteiger partial charge in [-0.15, -0.1) is 0 Å². The lowest BCUT2D eigenvalue weighted by Crippen LogP contribution is -2.30. The van der Waals surface area contributed by atoms with Gasteiger partial charge in [0.25, 0.3) is 0 Å². The minimum Gasteiger partial charge on any atom is -0.491 e. The molecule has 0 atom stereocenters. The van der Waals surface area contributed by atoms with Crippen molar-refractivity contribution in [2.45, 2.75) is 19.8 Å². The molecule has 0 saturated heterocycles. The lowest BCUT2D eigenvalue weighted by molar-refractivity contribution is -0.115. The van der Waals surface area contributed by atoms with Crippen LogP contribution in [0, 0.1) is 0 Å². The van der Waals surface area contributed by atoms with Gasteiger partial charge >= 0.3 is 0 Å². The van der Waals surface area contributed by atoms with Crippen molar-refractivity contribution in [2.75, 3.05) is 38.7 Å². The molecule has 112 valence electrons. The first-order chi connectivity index (χ1) is 9.77. The number of methoxy groups -OCH3 is 1. The second kappa shape index (κ2) is 10.2. The van der Waals surface area contributed by atoms with E-state index in [0.29, 0.717) is 31.2 Å². The highest BCUT2D eigenvalue weighted by atomic mass is 16.5. The molecule has 1 aromatic rings. The second-order valence-electron chi connectivity index (χ2n) is 4.42. The molecule has 20 heavy (non-hydrogen) atoms. The third kappa shape index (κ3) is 6.54. The number of carbonyl (C=O) groups is 1. The summed E-state index contributed by atoms with van der Waals surface area (Å²) in [7, 11) is 1.63. The van der Waals surface area contributed by atoms with Crippen LogP contribution in [-0.2, 0) is 9.53 Å². The first-order valence-electron chi connectivity index (χ1n) is 6.99. The summed E-state index contributed by atoms with van der Waals surface area (Å²) in [5, 5.41) is 5.85. The van der Waals surface area contributed by atoms with Gasteiger partial charge in [0.2, 0.25) is 5.91 Å². The van der Waals surface area contributed by atoms with E-state index in [9.17, 15) is 4.79 Å². The Morgan fingerprint density at radius 3 is 2.80 bits per heavy atom. The maximum Gasteiger partial charge on any atom is 0.238 e. The van der Waals surface area contributed by atoms with E-state index < -0.39 is 0 Å². The fourth-order valence-corrected chi connectivity index (χ4v) is 1.59. The fourth-order valence-electron chi connectivity index (χ4n) is 1.59. The molecule has 0 unspecified atom stereocenters. The van der Waals surface area contributed by atoms with Gasteiger partial charge in [-0.2, -0.15) is 0 Å². The zero-order valence-corrected chi connectivity index (χ0v) is 12.3. The normalized spacial score (nSPS) is 10.3. The van der Waals surface area contributed by atoms with E-state index in [2.05, 4.69) is 17.6 Å². The predicted octanol–water partition coefficient (Wildman–Crippen LogP) is 2.04. The maximum atomic E-state index is 11.8. The second-order valence-corrected chi connectivity index (χ2v) is 4.42. The number of unbranched alkanes of at least 4 members (excludes halogenated alkanes) is 1. The molecule has 1 rings (SSSR count). The van der Waals surface area contributed by atoms with Crippen LogP contribution in [0.1, 0.15) is 19.8 Å². The molecule has 1 amide bonds. The molecule has 2 N–H and O–H groups in total. The topological polar surface area (TPSA) is 59.6 Å². The number of ether oxygens (including phenoxy) is 2. The molecule has 1 aromatic carbocycles. The fraction of sp³-hybridized carbons (Fsp3) is 0.533. The van der Waals surface area contributed by atoms with Gasteiger partial charge < -0.3 is 20.1 Å². The number of hydrogen-bond acceptors (Lipinski definition) is 4. The first-order valence-corrected chi connectivity index (χ1v) is 6.99. The highest BCUT2D eigenvalue weighted by Crippen LogP contribution is 2.23. The number of carbonyl (C=O) groups excluding carboxylic acids is 1. The summed E-state index contributed by atoms with van der Waals surface area (Å²) in [6, 6.07) is 7.48. The summed E-state index contributed by atoms with van der Waals surface area (Å²) >= 11 is 0. The third-order valence-corrected chi connectivity index (χ3v) is 2.69. The van der Waals surface area contributed by atoms with Crippen molar-refractivity contribution in [3.63, 3.8) is 0 Å². The Morgan fingerprint density at radius 1 is 1.25 bits per heavy atom. The van der Waals surface area contributed by atoms with E-state index in [-0.39, 0.29) is 12.5 Å². The summed E-state index contributed by atoms with van der Waals surface area (Å²) in [6.45, 7) is 4.27. The van der Waals surface area contributed by atoms with Crippen LogP contribution in [-0.4, -0.2) is 39.3 Å². The smallest absolute Gasteiger partial charge is 0.238 e. The Hall–Kier alpha value is -1.59. The predicted molar refractivity (Wildman–Crippen MR) is 80.2 cm³/mol. The number of nitrogens with one attached hydrogen (secondary N) is 2. The van der Waals surface area contributed by atoms with Gasteiger partial charge in [-0.05, 0) is 18.6 Å². The van der Waals surface area contributed by atoms with Crippen LogP contribution >= 0.6 is 0 Å². The van der Waals surface area contributed by atoms with Crippen LogP contribution < -0.4 is 15.4 Å². The first kappa shape index (κ1) is 16.5. The largest absolute Gasteiger partial charge is 0.491 e. The van der Waals surface area contributed by atoms with Gasteiger partial charge in [-0.1, -0.05) is 25.5 Å². The average Bonchev–Trinajstić information content (AvgIpc) is 2.46. The molecule has 0 saturated carbocycles. The van der Waals surface area contributed by atoms with Crippen LogP contribution in [0.5, 0.6) is 5.75 Å². The summed E-state index contributed by atoms with van der Waals surface area (Å²) in [6.07, 6.45) is 2.08. The van der Waals surface area contributed by atoms with E-state index in [1.165, 1.54) is 0 Å². The number of benzene rings is 1. The summed E-state index contributed by atoms with van der Waals surface area (Å²) in [5.41, 5.74) is 0.710. The van der Waals surface area contributed by atoms with Crippen molar-refractivity contribution in [2.24, 2.45) is 0 Å². The molecule has 0 aliphatic rings. The zero-order valence-electron chi connectivity index (χ0n) is 12.3. The maximum absolute atomic E-state index is 11.8. The number of rotatable bonds is 10. The molecule has 0 aromatic heterocycles. The summed E-state index contributed by atoms with van der Waals surface area (Å²) < 4.78 is 10.6. The van der Waals surface area contributed by atoms with Crippen molar-refractivity contribution < 1.29 is 14.3 Å². The van der Waals surface area contributed by atoms with Crippen LogP contribution in [0.4, 0.5) is 5.69 Å². The van der Waals surface area contributed by atoms with Gasteiger partial charge in [0.05, 0.1) is 25.4 Å². The average molecular weight is 280 g/mol. The Morgan fingerprint density at radius 2 is 2.05 bits per heavy atom. The van der Waals surface area contributed by atoms with Crippen molar-refractivity contribution in [1.82, 2.24) is 5.32 Å². The van der Waals surface area contributed by atoms with Gasteiger partial charge in [-0.25, -0.2) is 0 Å². The Bertz CT molecular complexity index is 396. The van der Waals surface area contributed by atoms with E-state index in [1.807, 2.05) is 24.3 Å². The van der Waals surface area contributed by atoms with Crippen LogP contribution in [0.15, 0.2) is 24.3 Å². The van der Waals surface area contributed by atoms with Crippen molar-refractivity contribution in [1.29, 1.82) is 0 Å². The molecular weight excluding hydrogens is 256 g/mol. The van der Waals surface area contributed by atoms with Crippen LogP contribution in [0.2, 0.25) is 0 Å². The van der Waals surface area contributed by atoms with Crippen molar-refractivity contribution in [3.05, 3.63) is 24.3 Å². The van der Waals surface area contributed by atoms with E-state index in [0.717, 1.165) is 12.8 Å². The Kier molecular flexibility index (Phi) is 8.42. The molecule has 0 spiro atoms. The molecule has 5 nitrogen and oxygen atoms in total. The SMILES string of the molecule is CCCCOc1ccccc1NC(=O)CNCCOC. The zero-order chi connectivity index (χ0) is 14.6. The Balaban J connectivity index is 2.43. The summed E-state index contributed by atoms with van der Waals surface area (Å²) in [5.74, 6) is 0.624. The van der Waals surface area contributed by atoms with Gasteiger partial charge in [0.1, 0.15) is 5.75 Å². The molecule has 0 aliphatic carbocycles. The molecular formula is C15H24N2O3. The van der Waals surface area contributed by atoms with E-state index in [4.69, 9.17) is 9.47 Å². The van der Waals surface area contributed by atoms with Gasteiger partial charge in [0, 0.05) is 13.7 Å². The number of hydrogen-bond donors (Lipinski definition) is 2. The van der Waals surface area contributed by atoms with Crippen LogP contribution in [0.3, 0.4) is 0 Å². The van der Waals surface area contributed by atoms with Gasteiger partial charge in [0.15, 0.2) is 0 Å². The number of amides is 1. The van der Waals surface area contributed by atoms with Crippen molar-refractivity contribution >= 4 is 11.6 Å². The van der Waals surface area contributed by atoms with Crippen molar-refractivity contribution in [3.8, 4) is 5.75 Å². The highest BCUT2D eigenvalue weighted by molar-refractivity contribution is 5.93. The minimum absolute atomic E-state index is 0.0901. The standard InChI is InChI=1S/C15H24N2O3/c1-3-4-10-20-14-8-6-5-7-13(14)17-15(18)12-16-9-11-19-2/h5-8,16H,3-4,9-12H2,1-2H3,(H,17,18).